The Hall–Kier alpha value is 0.300. The average molecular weight is 432 g/mol. The van der Waals surface area contributed by atoms with Gasteiger partial charge >= 0.3 is 0 Å². The SMILES string of the molecule is COc1ccc(C23SS[P+](c4ccc(OC)cc4)(C2S)P3S)cc1. The molecule has 3 fully saturated rings. The summed E-state index contributed by atoms with van der Waals surface area (Å²) in [6.07, 6.45) is -1.40. The van der Waals surface area contributed by atoms with Crippen LogP contribution in [0.5, 0.6) is 11.5 Å². The normalized spacial score (nSPS) is 33.8. The van der Waals surface area contributed by atoms with Crippen LogP contribution >= 0.6 is 59.1 Å². The predicted molar refractivity (Wildman–Crippen MR) is 118 cm³/mol. The molecule has 2 nitrogen and oxygen atoms in total. The number of hydrogen-bond acceptors (Lipinski definition) is 6. The van der Waals surface area contributed by atoms with E-state index in [1.165, 1.54) is 10.9 Å². The summed E-state index contributed by atoms with van der Waals surface area (Å²) < 4.78 is 10.6. The smallest absolute Gasteiger partial charge is 0.167 e. The maximum absolute atomic E-state index is 5.30. The second-order valence-corrected chi connectivity index (χ2v) is 21.4. The quantitative estimate of drug-likeness (QED) is 0.350. The fraction of sp³-hybridized carbons (Fsp3) is 0.250. The summed E-state index contributed by atoms with van der Waals surface area (Å²) in [6, 6.07) is 16.9. The van der Waals surface area contributed by atoms with Crippen molar-refractivity contribution >= 4 is 64.4 Å². The molecular formula is C16H17O2P2S4+. The van der Waals surface area contributed by atoms with E-state index >= 15 is 0 Å². The van der Waals surface area contributed by atoms with Crippen LogP contribution in [0, 0.1) is 0 Å². The van der Waals surface area contributed by atoms with Crippen molar-refractivity contribution in [2.24, 2.45) is 0 Å². The maximum Gasteiger partial charge on any atom is 0.167 e. The van der Waals surface area contributed by atoms with Crippen LogP contribution in [0.25, 0.3) is 0 Å². The van der Waals surface area contributed by atoms with E-state index in [4.69, 9.17) is 34.4 Å². The first-order valence-corrected chi connectivity index (χ1v) is 15.7. The third-order valence-corrected chi connectivity index (χ3v) is 32.0. The van der Waals surface area contributed by atoms with Crippen LogP contribution in [0.4, 0.5) is 0 Å². The van der Waals surface area contributed by atoms with Crippen LogP contribution in [0.2, 0.25) is 0 Å². The monoisotopic (exact) mass is 431 g/mol. The van der Waals surface area contributed by atoms with E-state index in [9.17, 15) is 0 Å². The van der Waals surface area contributed by atoms with Crippen molar-refractivity contribution in [1.82, 2.24) is 0 Å². The topological polar surface area (TPSA) is 18.5 Å². The van der Waals surface area contributed by atoms with Crippen LogP contribution in [-0.4, -0.2) is 19.2 Å². The van der Waals surface area contributed by atoms with Gasteiger partial charge in [-0.05, 0) is 52.8 Å². The Labute approximate surface area is 162 Å². The summed E-state index contributed by atoms with van der Waals surface area (Å²) in [5.74, 6) is 1.79. The van der Waals surface area contributed by atoms with Crippen molar-refractivity contribution in [3.63, 3.8) is 0 Å². The molecule has 3 aliphatic rings. The minimum atomic E-state index is -1.40. The van der Waals surface area contributed by atoms with Gasteiger partial charge in [0.25, 0.3) is 0 Å². The largest absolute Gasteiger partial charge is 0.497 e. The second-order valence-electron chi connectivity index (χ2n) is 5.57. The lowest BCUT2D eigenvalue weighted by molar-refractivity contribution is 0.414. The van der Waals surface area contributed by atoms with Gasteiger partial charge in [-0.2, -0.15) is 0 Å². The van der Waals surface area contributed by atoms with Gasteiger partial charge in [-0.1, -0.05) is 12.1 Å². The van der Waals surface area contributed by atoms with E-state index in [1.807, 2.05) is 33.3 Å². The maximum atomic E-state index is 5.30. The zero-order valence-electron chi connectivity index (χ0n) is 13.1. The highest BCUT2D eigenvalue weighted by atomic mass is 33.4. The Morgan fingerprint density at radius 2 is 1.54 bits per heavy atom. The molecule has 2 aromatic carbocycles. The molecule has 3 aliphatic heterocycles. The molecular weight excluding hydrogens is 414 g/mol. The standard InChI is InChI=1S/C16H16O2P2S4/c1-17-12-5-3-11(4-6-12)16-15(21)20(19(16)22,24-23-16)14-9-7-13(18-2)8-10-14/h3-10,15,22H,1-2H3/p+1. The Morgan fingerprint density at radius 3 is 2.04 bits per heavy atom. The van der Waals surface area contributed by atoms with Gasteiger partial charge in [-0.3, -0.25) is 0 Å². The summed E-state index contributed by atoms with van der Waals surface area (Å²) in [4.78, 5) is 0.338. The molecule has 0 amide bonds. The molecule has 0 aromatic heterocycles. The molecule has 4 unspecified atom stereocenters. The second kappa shape index (κ2) is 6.48. The number of hydrogen-bond donors (Lipinski definition) is 2. The van der Waals surface area contributed by atoms with E-state index < -0.39 is 13.0 Å². The van der Waals surface area contributed by atoms with Crippen LogP contribution in [-0.2, 0) is 4.49 Å². The lowest BCUT2D eigenvalue weighted by Crippen LogP contribution is -2.38. The van der Waals surface area contributed by atoms with Crippen molar-refractivity contribution in [1.29, 1.82) is 0 Å². The highest BCUT2D eigenvalue weighted by Gasteiger charge is 2.86. The van der Waals surface area contributed by atoms with Crippen molar-refractivity contribution in [2.75, 3.05) is 14.2 Å². The molecule has 24 heavy (non-hydrogen) atoms. The lowest BCUT2D eigenvalue weighted by Gasteiger charge is -2.47. The number of rotatable bonds is 4. The molecule has 3 saturated heterocycles. The minimum Gasteiger partial charge on any atom is -0.497 e. The number of methoxy groups -OCH3 is 2. The van der Waals surface area contributed by atoms with E-state index in [1.54, 1.807) is 14.2 Å². The number of benzene rings is 2. The fourth-order valence-corrected chi connectivity index (χ4v) is 38.2. The minimum absolute atomic E-state index is 0.0339. The molecule has 5 rings (SSSR count). The van der Waals surface area contributed by atoms with Crippen molar-refractivity contribution in [3.05, 3.63) is 54.1 Å². The first-order chi connectivity index (χ1) is 11.6. The Balaban J connectivity index is 1.70. The molecule has 8 heteroatoms. The summed E-state index contributed by atoms with van der Waals surface area (Å²) >= 11 is 10.3. The van der Waals surface area contributed by atoms with Crippen LogP contribution in [0.1, 0.15) is 5.56 Å². The molecule has 0 spiro atoms. The lowest BCUT2D eigenvalue weighted by atomic mass is 10.1. The Bertz CT molecular complexity index is 680. The third kappa shape index (κ3) is 2.23. The first-order valence-electron chi connectivity index (χ1n) is 7.32. The van der Waals surface area contributed by atoms with Gasteiger partial charge in [-0.15, -0.1) is 24.9 Å². The molecule has 2 aromatic rings. The summed E-state index contributed by atoms with van der Waals surface area (Å²) in [6.45, 7) is -0.444. The van der Waals surface area contributed by atoms with Gasteiger partial charge in [0.1, 0.15) is 16.8 Å². The van der Waals surface area contributed by atoms with Crippen LogP contribution < -0.4 is 14.8 Å². The summed E-state index contributed by atoms with van der Waals surface area (Å²) in [5.41, 5.74) is 1.32. The van der Waals surface area contributed by atoms with E-state index in [2.05, 4.69) is 36.4 Å². The molecule has 2 bridgehead atoms. The molecule has 0 radical (unpaired) electrons. The fourth-order valence-electron chi connectivity index (χ4n) is 3.10. The zero-order valence-corrected chi connectivity index (χ0v) is 18.3. The molecule has 126 valence electrons. The number of thiol groups is 2. The highest BCUT2D eigenvalue weighted by Crippen LogP contribution is 3.19. The van der Waals surface area contributed by atoms with Crippen LogP contribution in [0.15, 0.2) is 48.5 Å². The van der Waals surface area contributed by atoms with Gasteiger partial charge in [0.15, 0.2) is 22.4 Å². The molecule has 4 atom stereocenters. The van der Waals surface area contributed by atoms with E-state index in [0.717, 1.165) is 11.5 Å². The first kappa shape index (κ1) is 17.7. The molecule has 0 saturated carbocycles. The van der Waals surface area contributed by atoms with Crippen molar-refractivity contribution < 1.29 is 9.47 Å². The molecule has 0 N–H and O–H groups in total. The van der Waals surface area contributed by atoms with E-state index in [0.29, 0.717) is 4.99 Å². The number of fused-ring (bicyclic) bond motifs is 1. The summed E-state index contributed by atoms with van der Waals surface area (Å²) in [5, 5.41) is 1.41. The third-order valence-electron chi connectivity index (χ3n) is 4.48. The van der Waals surface area contributed by atoms with Crippen LogP contribution in [0.3, 0.4) is 0 Å². The van der Waals surface area contributed by atoms with Crippen molar-refractivity contribution in [3.8, 4) is 11.5 Å². The van der Waals surface area contributed by atoms with Gasteiger partial charge in [0.2, 0.25) is 0 Å². The Kier molecular flexibility index (Phi) is 4.78. The zero-order chi connectivity index (χ0) is 16.9. The predicted octanol–water partition coefficient (Wildman–Crippen LogP) is 6.02. The van der Waals surface area contributed by atoms with Gasteiger partial charge in [0, 0.05) is 0 Å². The van der Waals surface area contributed by atoms with Gasteiger partial charge < -0.3 is 9.47 Å². The van der Waals surface area contributed by atoms with Gasteiger partial charge in [-0.25, -0.2) is 0 Å². The highest BCUT2D eigenvalue weighted by molar-refractivity contribution is 9.24. The molecule has 0 aliphatic carbocycles. The summed E-state index contributed by atoms with van der Waals surface area (Å²) in [7, 11) is 7.41. The van der Waals surface area contributed by atoms with E-state index in [-0.39, 0.29) is 4.49 Å². The Morgan fingerprint density at radius 1 is 1.00 bits per heavy atom. The number of ether oxygens (including phenoxy) is 2. The van der Waals surface area contributed by atoms with Gasteiger partial charge in [0.05, 0.1) is 24.6 Å². The van der Waals surface area contributed by atoms with Crippen molar-refractivity contribution in [2.45, 2.75) is 9.48 Å². The average Bonchev–Trinajstić information content (AvgIpc) is 3.14. The molecule has 3 heterocycles.